The standard InChI is InChI=1S/C16H25N3O/c1-4-10-18-13(3)15-8-7-14(12-16(15)20)19(5-2)11-6-9-17/h7-8,12-13,18,20H,4-6,10-11H2,1-3H3. The molecule has 0 radical (unpaired) electrons. The number of phenolic OH excluding ortho intramolecular Hbond substituents is 1. The number of nitrogens with one attached hydrogen (secondary N) is 1. The molecule has 0 saturated heterocycles. The number of hydrogen-bond acceptors (Lipinski definition) is 4. The van der Waals surface area contributed by atoms with Crippen LogP contribution in [0.3, 0.4) is 0 Å². The zero-order valence-electron chi connectivity index (χ0n) is 12.7. The Balaban J connectivity index is 2.83. The van der Waals surface area contributed by atoms with Gasteiger partial charge in [-0.1, -0.05) is 13.0 Å². The van der Waals surface area contributed by atoms with Crippen LogP contribution < -0.4 is 10.2 Å². The van der Waals surface area contributed by atoms with Gasteiger partial charge in [0.05, 0.1) is 12.5 Å². The lowest BCUT2D eigenvalue weighted by atomic mass is 10.1. The Kier molecular flexibility index (Phi) is 6.89. The fraction of sp³-hybridized carbons (Fsp3) is 0.562. The lowest BCUT2D eigenvalue weighted by Crippen LogP contribution is -2.24. The van der Waals surface area contributed by atoms with Gasteiger partial charge in [0.25, 0.3) is 0 Å². The van der Waals surface area contributed by atoms with Crippen LogP contribution in [0, 0.1) is 11.3 Å². The Morgan fingerprint density at radius 1 is 1.40 bits per heavy atom. The van der Waals surface area contributed by atoms with Gasteiger partial charge in [0.1, 0.15) is 5.75 Å². The van der Waals surface area contributed by atoms with E-state index in [-0.39, 0.29) is 6.04 Å². The summed E-state index contributed by atoms with van der Waals surface area (Å²) in [5.41, 5.74) is 1.88. The lowest BCUT2D eigenvalue weighted by Gasteiger charge is -2.23. The highest BCUT2D eigenvalue weighted by Gasteiger charge is 2.12. The third-order valence-corrected chi connectivity index (χ3v) is 3.42. The van der Waals surface area contributed by atoms with Crippen LogP contribution in [0.15, 0.2) is 18.2 Å². The Labute approximate surface area is 122 Å². The molecule has 0 saturated carbocycles. The van der Waals surface area contributed by atoms with Crippen molar-refractivity contribution in [3.8, 4) is 11.8 Å². The molecular weight excluding hydrogens is 250 g/mol. The molecule has 1 atom stereocenters. The largest absolute Gasteiger partial charge is 0.508 e. The van der Waals surface area contributed by atoms with E-state index in [9.17, 15) is 5.11 Å². The molecule has 1 aromatic rings. The van der Waals surface area contributed by atoms with Crippen molar-refractivity contribution in [3.05, 3.63) is 23.8 Å². The maximum atomic E-state index is 10.2. The molecule has 4 nitrogen and oxygen atoms in total. The highest BCUT2D eigenvalue weighted by molar-refractivity contribution is 5.54. The Morgan fingerprint density at radius 2 is 2.15 bits per heavy atom. The Bertz CT molecular complexity index is 454. The molecule has 0 aliphatic carbocycles. The predicted molar refractivity (Wildman–Crippen MR) is 82.9 cm³/mol. The van der Waals surface area contributed by atoms with Crippen molar-refractivity contribution in [1.29, 1.82) is 5.26 Å². The monoisotopic (exact) mass is 275 g/mol. The van der Waals surface area contributed by atoms with Crippen molar-refractivity contribution < 1.29 is 5.11 Å². The van der Waals surface area contributed by atoms with E-state index < -0.39 is 0 Å². The van der Waals surface area contributed by atoms with Crippen molar-refractivity contribution in [2.45, 2.75) is 39.7 Å². The summed E-state index contributed by atoms with van der Waals surface area (Å²) in [6.07, 6.45) is 1.56. The summed E-state index contributed by atoms with van der Waals surface area (Å²) in [7, 11) is 0. The van der Waals surface area contributed by atoms with Crippen molar-refractivity contribution in [2.75, 3.05) is 24.5 Å². The quantitative estimate of drug-likeness (QED) is 0.765. The molecule has 0 fully saturated rings. The molecule has 0 bridgehead atoms. The number of rotatable bonds is 8. The van der Waals surface area contributed by atoms with Crippen LogP contribution in [-0.2, 0) is 0 Å². The predicted octanol–water partition coefficient (Wildman–Crippen LogP) is 3.19. The topological polar surface area (TPSA) is 59.3 Å². The number of benzene rings is 1. The summed E-state index contributed by atoms with van der Waals surface area (Å²) in [6.45, 7) is 8.67. The fourth-order valence-electron chi connectivity index (χ4n) is 2.22. The third kappa shape index (κ3) is 4.43. The second-order valence-electron chi connectivity index (χ2n) is 4.91. The molecule has 1 unspecified atom stereocenters. The van der Waals surface area contributed by atoms with Crippen LogP contribution >= 0.6 is 0 Å². The van der Waals surface area contributed by atoms with E-state index in [0.717, 1.165) is 30.8 Å². The van der Waals surface area contributed by atoms with Crippen LogP contribution in [0.5, 0.6) is 5.75 Å². The Hall–Kier alpha value is -1.73. The summed E-state index contributed by atoms with van der Waals surface area (Å²) in [4.78, 5) is 2.09. The minimum Gasteiger partial charge on any atom is -0.508 e. The smallest absolute Gasteiger partial charge is 0.122 e. The van der Waals surface area contributed by atoms with Crippen LogP contribution in [-0.4, -0.2) is 24.7 Å². The number of hydrogen-bond donors (Lipinski definition) is 2. The van der Waals surface area contributed by atoms with Gasteiger partial charge in [0, 0.05) is 36.4 Å². The third-order valence-electron chi connectivity index (χ3n) is 3.42. The molecule has 0 spiro atoms. The number of nitrogens with zero attached hydrogens (tertiary/aromatic N) is 2. The maximum Gasteiger partial charge on any atom is 0.122 e. The van der Waals surface area contributed by atoms with E-state index in [4.69, 9.17) is 5.26 Å². The van der Waals surface area contributed by atoms with Gasteiger partial charge in [-0.3, -0.25) is 0 Å². The summed E-state index contributed by atoms with van der Waals surface area (Å²) < 4.78 is 0. The van der Waals surface area contributed by atoms with E-state index in [0.29, 0.717) is 18.7 Å². The van der Waals surface area contributed by atoms with E-state index in [1.165, 1.54) is 0 Å². The van der Waals surface area contributed by atoms with Crippen LogP contribution in [0.2, 0.25) is 0 Å². The highest BCUT2D eigenvalue weighted by atomic mass is 16.3. The minimum absolute atomic E-state index is 0.137. The molecule has 20 heavy (non-hydrogen) atoms. The van der Waals surface area contributed by atoms with Crippen LogP contribution in [0.4, 0.5) is 5.69 Å². The zero-order chi connectivity index (χ0) is 15.0. The van der Waals surface area contributed by atoms with Gasteiger partial charge in [-0.25, -0.2) is 0 Å². The second-order valence-corrected chi connectivity index (χ2v) is 4.91. The van der Waals surface area contributed by atoms with E-state index >= 15 is 0 Å². The van der Waals surface area contributed by atoms with Gasteiger partial charge in [-0.2, -0.15) is 5.26 Å². The van der Waals surface area contributed by atoms with Crippen molar-refractivity contribution >= 4 is 5.69 Å². The van der Waals surface area contributed by atoms with Gasteiger partial charge >= 0.3 is 0 Å². The first-order chi connectivity index (χ1) is 9.63. The number of phenols is 1. The molecule has 4 heteroatoms. The van der Waals surface area contributed by atoms with Crippen molar-refractivity contribution in [3.63, 3.8) is 0 Å². The van der Waals surface area contributed by atoms with Crippen LogP contribution in [0.1, 0.15) is 45.2 Å². The molecule has 1 rings (SSSR count). The first-order valence-electron chi connectivity index (χ1n) is 7.32. The van der Waals surface area contributed by atoms with Crippen molar-refractivity contribution in [1.82, 2.24) is 5.32 Å². The molecule has 0 aliphatic rings. The summed E-state index contributed by atoms with van der Waals surface area (Å²) in [6, 6.07) is 8.06. The van der Waals surface area contributed by atoms with Crippen molar-refractivity contribution in [2.24, 2.45) is 0 Å². The molecule has 0 amide bonds. The SMILES string of the molecule is CCCNC(C)c1ccc(N(CC)CCC#N)cc1O. The summed E-state index contributed by atoms with van der Waals surface area (Å²) >= 11 is 0. The summed E-state index contributed by atoms with van der Waals surface area (Å²) in [5.74, 6) is 0.314. The molecule has 0 aliphatic heterocycles. The number of anilines is 1. The molecule has 1 aromatic carbocycles. The molecule has 2 N–H and O–H groups in total. The first kappa shape index (κ1) is 16.3. The average Bonchev–Trinajstić information content (AvgIpc) is 2.45. The van der Waals surface area contributed by atoms with Gasteiger partial charge in [0.15, 0.2) is 0 Å². The molecular formula is C16H25N3O. The number of aromatic hydroxyl groups is 1. The maximum absolute atomic E-state index is 10.2. The Morgan fingerprint density at radius 3 is 2.70 bits per heavy atom. The van der Waals surface area contributed by atoms with Gasteiger partial charge in [-0.05, 0) is 32.9 Å². The number of nitriles is 1. The normalized spacial score (nSPS) is 11.9. The second kappa shape index (κ2) is 8.44. The fourth-order valence-corrected chi connectivity index (χ4v) is 2.22. The van der Waals surface area contributed by atoms with Gasteiger partial charge < -0.3 is 15.3 Å². The van der Waals surface area contributed by atoms with Gasteiger partial charge in [0.2, 0.25) is 0 Å². The minimum atomic E-state index is 0.137. The molecule has 110 valence electrons. The van der Waals surface area contributed by atoms with E-state index in [1.807, 2.05) is 19.1 Å². The van der Waals surface area contributed by atoms with Crippen LogP contribution in [0.25, 0.3) is 0 Å². The summed E-state index contributed by atoms with van der Waals surface area (Å²) in [5, 5.41) is 22.2. The molecule has 0 aromatic heterocycles. The van der Waals surface area contributed by atoms with Gasteiger partial charge in [-0.15, -0.1) is 0 Å². The lowest BCUT2D eigenvalue weighted by molar-refractivity contribution is 0.452. The zero-order valence-corrected chi connectivity index (χ0v) is 12.7. The molecule has 0 heterocycles. The average molecular weight is 275 g/mol. The van der Waals surface area contributed by atoms with E-state index in [2.05, 4.69) is 30.1 Å². The highest BCUT2D eigenvalue weighted by Crippen LogP contribution is 2.29. The first-order valence-corrected chi connectivity index (χ1v) is 7.32. The van der Waals surface area contributed by atoms with E-state index in [1.54, 1.807) is 6.07 Å².